The number of hydrogen-bond acceptors (Lipinski definition) is 3. The summed E-state index contributed by atoms with van der Waals surface area (Å²) in [6.45, 7) is 3.53. The van der Waals surface area contributed by atoms with Crippen molar-refractivity contribution < 1.29 is 17.6 Å². The summed E-state index contributed by atoms with van der Waals surface area (Å²) in [7, 11) is -3.71. The number of rotatable bonds is 6. The van der Waals surface area contributed by atoms with E-state index >= 15 is 0 Å². The van der Waals surface area contributed by atoms with E-state index in [0.29, 0.717) is 16.8 Å². The smallest absolute Gasteiger partial charge is 0.261 e. The summed E-state index contributed by atoms with van der Waals surface area (Å²) in [5, 5.41) is 2.85. The first-order valence-corrected chi connectivity index (χ1v) is 10.5. The standard InChI is InChI=1S/C22H21FN2O3S/c1-15-14-18(22(26)24-16(2)17-8-11-19(23)12-9-17)10-13-21(15)25-29(27,28)20-6-4-3-5-7-20/h3-14,16,25H,1-2H3,(H,24,26)/t16-/m0/s1. The molecule has 0 fully saturated rings. The number of carbonyl (C=O) groups is 1. The predicted octanol–water partition coefficient (Wildman–Crippen LogP) is 4.43. The van der Waals surface area contributed by atoms with Crippen LogP contribution in [-0.4, -0.2) is 14.3 Å². The number of amides is 1. The zero-order chi connectivity index (χ0) is 21.0. The molecule has 0 saturated heterocycles. The van der Waals surface area contributed by atoms with Gasteiger partial charge in [-0.3, -0.25) is 9.52 Å². The molecule has 1 atom stereocenters. The van der Waals surface area contributed by atoms with Crippen LogP contribution in [0.4, 0.5) is 10.1 Å². The van der Waals surface area contributed by atoms with E-state index in [1.807, 2.05) is 0 Å². The van der Waals surface area contributed by atoms with Gasteiger partial charge in [0.1, 0.15) is 5.82 Å². The summed E-state index contributed by atoms with van der Waals surface area (Å²) in [5.74, 6) is -0.640. The van der Waals surface area contributed by atoms with Crippen molar-refractivity contribution in [3.63, 3.8) is 0 Å². The molecule has 0 radical (unpaired) electrons. The van der Waals surface area contributed by atoms with Crippen LogP contribution in [0.15, 0.2) is 77.7 Å². The molecule has 0 aromatic heterocycles. The highest BCUT2D eigenvalue weighted by atomic mass is 32.2. The van der Waals surface area contributed by atoms with Crippen molar-refractivity contribution in [1.82, 2.24) is 5.32 Å². The maximum atomic E-state index is 13.0. The predicted molar refractivity (Wildman–Crippen MR) is 111 cm³/mol. The Hall–Kier alpha value is -3.19. The van der Waals surface area contributed by atoms with Crippen LogP contribution >= 0.6 is 0 Å². The minimum Gasteiger partial charge on any atom is -0.346 e. The zero-order valence-corrected chi connectivity index (χ0v) is 16.8. The number of sulfonamides is 1. The molecule has 29 heavy (non-hydrogen) atoms. The molecule has 0 bridgehead atoms. The van der Waals surface area contributed by atoms with Crippen molar-refractivity contribution in [3.8, 4) is 0 Å². The highest BCUT2D eigenvalue weighted by Crippen LogP contribution is 2.21. The first-order valence-electron chi connectivity index (χ1n) is 9.01. The topological polar surface area (TPSA) is 75.3 Å². The van der Waals surface area contributed by atoms with E-state index in [9.17, 15) is 17.6 Å². The van der Waals surface area contributed by atoms with Crippen LogP contribution in [0.1, 0.15) is 34.5 Å². The number of anilines is 1. The quantitative estimate of drug-likeness (QED) is 0.629. The molecule has 0 heterocycles. The van der Waals surface area contributed by atoms with E-state index in [4.69, 9.17) is 0 Å². The zero-order valence-electron chi connectivity index (χ0n) is 16.0. The lowest BCUT2D eigenvalue weighted by atomic mass is 10.1. The van der Waals surface area contributed by atoms with Gasteiger partial charge in [0.2, 0.25) is 0 Å². The van der Waals surface area contributed by atoms with Gasteiger partial charge in [-0.1, -0.05) is 30.3 Å². The van der Waals surface area contributed by atoms with Crippen molar-refractivity contribution in [2.24, 2.45) is 0 Å². The summed E-state index contributed by atoms with van der Waals surface area (Å²) in [4.78, 5) is 12.7. The number of nitrogens with one attached hydrogen (secondary N) is 2. The van der Waals surface area contributed by atoms with Gasteiger partial charge in [-0.15, -0.1) is 0 Å². The first kappa shape index (κ1) is 20.5. The highest BCUT2D eigenvalue weighted by Gasteiger charge is 2.17. The Morgan fingerprint density at radius 3 is 2.24 bits per heavy atom. The Morgan fingerprint density at radius 2 is 1.62 bits per heavy atom. The molecule has 5 nitrogen and oxygen atoms in total. The molecular formula is C22H21FN2O3S. The number of benzene rings is 3. The van der Waals surface area contributed by atoms with Crippen LogP contribution in [-0.2, 0) is 10.0 Å². The minimum absolute atomic E-state index is 0.161. The molecule has 3 aromatic carbocycles. The molecule has 2 N–H and O–H groups in total. The molecule has 0 unspecified atom stereocenters. The van der Waals surface area contributed by atoms with E-state index in [-0.39, 0.29) is 22.7 Å². The summed E-state index contributed by atoms with van der Waals surface area (Å²) < 4.78 is 40.6. The Balaban J connectivity index is 1.73. The third-order valence-electron chi connectivity index (χ3n) is 4.50. The Morgan fingerprint density at radius 1 is 0.966 bits per heavy atom. The molecule has 3 aromatic rings. The first-order chi connectivity index (χ1) is 13.8. The van der Waals surface area contributed by atoms with Gasteiger partial charge in [-0.05, 0) is 67.4 Å². The van der Waals surface area contributed by atoms with Gasteiger partial charge in [0, 0.05) is 5.56 Å². The summed E-state index contributed by atoms with van der Waals surface area (Å²) >= 11 is 0. The second-order valence-electron chi connectivity index (χ2n) is 6.69. The Labute approximate surface area is 169 Å². The number of hydrogen-bond donors (Lipinski definition) is 2. The average molecular weight is 412 g/mol. The van der Waals surface area contributed by atoms with Gasteiger partial charge in [0.05, 0.1) is 16.6 Å². The Kier molecular flexibility index (Phi) is 5.98. The molecule has 7 heteroatoms. The van der Waals surface area contributed by atoms with Crippen LogP contribution in [0, 0.1) is 12.7 Å². The van der Waals surface area contributed by atoms with Crippen molar-refractivity contribution in [2.75, 3.05) is 4.72 Å². The fourth-order valence-electron chi connectivity index (χ4n) is 2.84. The largest absolute Gasteiger partial charge is 0.346 e. The van der Waals surface area contributed by atoms with E-state index < -0.39 is 10.0 Å². The van der Waals surface area contributed by atoms with Crippen molar-refractivity contribution in [1.29, 1.82) is 0 Å². The van der Waals surface area contributed by atoms with Gasteiger partial charge >= 0.3 is 0 Å². The van der Waals surface area contributed by atoms with Crippen molar-refractivity contribution in [3.05, 3.63) is 95.3 Å². The van der Waals surface area contributed by atoms with E-state index in [1.165, 1.54) is 24.3 Å². The summed E-state index contributed by atoms with van der Waals surface area (Å²) in [5.41, 5.74) is 2.20. The van der Waals surface area contributed by atoms with Crippen molar-refractivity contribution in [2.45, 2.75) is 24.8 Å². The monoisotopic (exact) mass is 412 g/mol. The molecule has 3 rings (SSSR count). The number of carbonyl (C=O) groups excluding carboxylic acids is 1. The van der Waals surface area contributed by atoms with E-state index in [0.717, 1.165) is 5.56 Å². The van der Waals surface area contributed by atoms with Crippen LogP contribution in [0.25, 0.3) is 0 Å². The molecular weight excluding hydrogens is 391 g/mol. The minimum atomic E-state index is -3.71. The second kappa shape index (κ2) is 8.45. The highest BCUT2D eigenvalue weighted by molar-refractivity contribution is 7.92. The SMILES string of the molecule is Cc1cc(C(=O)N[C@@H](C)c2ccc(F)cc2)ccc1NS(=O)(=O)c1ccccc1. The van der Waals surface area contributed by atoms with Crippen molar-refractivity contribution >= 4 is 21.6 Å². The Bertz CT molecular complexity index is 1110. The summed E-state index contributed by atoms with van der Waals surface area (Å²) in [6.07, 6.45) is 0. The molecule has 0 aliphatic heterocycles. The van der Waals surface area contributed by atoms with Gasteiger partial charge < -0.3 is 5.32 Å². The average Bonchev–Trinajstić information content (AvgIpc) is 2.70. The second-order valence-corrected chi connectivity index (χ2v) is 8.38. The summed E-state index contributed by atoms with van der Waals surface area (Å²) in [6, 6.07) is 18.4. The molecule has 0 aliphatic carbocycles. The van der Waals surface area contributed by atoms with Crippen LogP contribution in [0.5, 0.6) is 0 Å². The van der Waals surface area contributed by atoms with E-state index in [2.05, 4.69) is 10.0 Å². The van der Waals surface area contributed by atoms with Gasteiger partial charge in [0.25, 0.3) is 15.9 Å². The molecule has 0 spiro atoms. The maximum Gasteiger partial charge on any atom is 0.261 e. The van der Waals surface area contributed by atoms with Gasteiger partial charge in [-0.2, -0.15) is 0 Å². The van der Waals surface area contributed by atoms with Crippen LogP contribution in [0.3, 0.4) is 0 Å². The molecule has 0 saturated carbocycles. The van der Waals surface area contributed by atoms with E-state index in [1.54, 1.807) is 62.4 Å². The fourth-order valence-corrected chi connectivity index (χ4v) is 3.99. The lowest BCUT2D eigenvalue weighted by molar-refractivity contribution is 0.0940. The maximum absolute atomic E-state index is 13.0. The molecule has 0 aliphatic rings. The normalized spacial score (nSPS) is 12.2. The third-order valence-corrected chi connectivity index (χ3v) is 5.89. The lowest BCUT2D eigenvalue weighted by Crippen LogP contribution is -2.26. The van der Waals surface area contributed by atoms with Crippen LogP contribution < -0.4 is 10.0 Å². The number of aryl methyl sites for hydroxylation is 1. The lowest BCUT2D eigenvalue weighted by Gasteiger charge is -2.16. The van der Waals surface area contributed by atoms with Gasteiger partial charge in [0.15, 0.2) is 0 Å². The van der Waals surface area contributed by atoms with Crippen LogP contribution in [0.2, 0.25) is 0 Å². The molecule has 150 valence electrons. The fraction of sp³-hybridized carbons (Fsp3) is 0.136. The van der Waals surface area contributed by atoms with Gasteiger partial charge in [-0.25, -0.2) is 12.8 Å². The number of halogens is 1. The third kappa shape index (κ3) is 5.00. The molecule has 1 amide bonds.